The van der Waals surface area contributed by atoms with Crippen LogP contribution >= 0.6 is 0 Å². The van der Waals surface area contributed by atoms with E-state index in [0.29, 0.717) is 19.3 Å². The van der Waals surface area contributed by atoms with Crippen LogP contribution in [0.25, 0.3) is 0 Å². The Hall–Kier alpha value is -1.47. The third-order valence-electron chi connectivity index (χ3n) is 9.57. The van der Waals surface area contributed by atoms with Crippen molar-refractivity contribution in [3.05, 3.63) is 36.5 Å². The van der Waals surface area contributed by atoms with E-state index >= 15 is 0 Å². The number of allylic oxidation sites excluding steroid dienone is 6. The number of amides is 1. The lowest BCUT2D eigenvalue weighted by atomic mass is 10.00. The molecule has 0 saturated heterocycles. The monoisotopic (exact) mass is 692 g/mol. The van der Waals surface area contributed by atoms with E-state index < -0.39 is 36.9 Å². The third-order valence-corrected chi connectivity index (χ3v) is 9.57. The fourth-order valence-corrected chi connectivity index (χ4v) is 6.20. The van der Waals surface area contributed by atoms with Crippen molar-refractivity contribution in [2.75, 3.05) is 6.61 Å². The molecule has 0 aliphatic rings. The third kappa shape index (κ3) is 32.2. The smallest absolute Gasteiger partial charge is 0.249 e. The summed E-state index contributed by atoms with van der Waals surface area (Å²) < 4.78 is 0. The molecule has 0 aromatic rings. The van der Waals surface area contributed by atoms with Crippen LogP contribution in [0.5, 0.6) is 0 Å². The van der Waals surface area contributed by atoms with Crippen LogP contribution < -0.4 is 5.32 Å². The number of rotatable bonds is 37. The van der Waals surface area contributed by atoms with Gasteiger partial charge in [-0.3, -0.25) is 4.79 Å². The number of carbonyl (C=O) groups excluding carboxylic acids is 1. The van der Waals surface area contributed by atoms with Crippen molar-refractivity contribution >= 4 is 5.91 Å². The maximum absolute atomic E-state index is 12.5. The highest BCUT2D eigenvalue weighted by atomic mass is 16.3. The van der Waals surface area contributed by atoms with Gasteiger partial charge in [-0.1, -0.05) is 166 Å². The molecule has 5 N–H and O–H groups in total. The normalized spacial score (nSPS) is 14.7. The van der Waals surface area contributed by atoms with E-state index in [1.54, 1.807) is 0 Å². The van der Waals surface area contributed by atoms with Gasteiger partial charge in [-0.25, -0.2) is 0 Å². The van der Waals surface area contributed by atoms with E-state index in [0.717, 1.165) is 51.4 Å². The zero-order valence-electron chi connectivity index (χ0n) is 32.2. The Balaban J connectivity index is 3.79. The van der Waals surface area contributed by atoms with Crippen LogP contribution in [0.3, 0.4) is 0 Å². The fourth-order valence-electron chi connectivity index (χ4n) is 6.20. The molecular formula is C43H81NO5. The minimum absolute atomic E-state index is 0.350. The topological polar surface area (TPSA) is 110 Å². The summed E-state index contributed by atoms with van der Waals surface area (Å²) in [6.07, 6.45) is 43.2. The summed E-state index contributed by atoms with van der Waals surface area (Å²) in [5, 5.41) is 43.5. The summed E-state index contributed by atoms with van der Waals surface area (Å²) in [6.45, 7) is 4.00. The van der Waals surface area contributed by atoms with Gasteiger partial charge in [0.05, 0.1) is 18.8 Å². The fraction of sp³-hybridized carbons (Fsp3) is 0.837. The quantitative estimate of drug-likeness (QED) is 0.0329. The van der Waals surface area contributed by atoms with E-state index in [2.05, 4.69) is 55.6 Å². The zero-order chi connectivity index (χ0) is 36.0. The predicted molar refractivity (Wildman–Crippen MR) is 210 cm³/mol. The van der Waals surface area contributed by atoms with Crippen molar-refractivity contribution in [3.8, 4) is 0 Å². The zero-order valence-corrected chi connectivity index (χ0v) is 32.2. The van der Waals surface area contributed by atoms with E-state index in [4.69, 9.17) is 0 Å². The maximum atomic E-state index is 12.5. The molecule has 0 aliphatic carbocycles. The van der Waals surface area contributed by atoms with Crippen LogP contribution in [0.4, 0.5) is 0 Å². The van der Waals surface area contributed by atoms with Crippen LogP contribution in [0.1, 0.15) is 200 Å². The van der Waals surface area contributed by atoms with E-state index in [1.165, 1.54) is 116 Å². The molecule has 0 spiro atoms. The Bertz CT molecular complexity index is 782. The van der Waals surface area contributed by atoms with Gasteiger partial charge in [-0.2, -0.15) is 0 Å². The number of unbranched alkanes of at least 4 members (excludes halogenated alkanes) is 22. The second-order valence-electron chi connectivity index (χ2n) is 14.3. The molecule has 0 heterocycles. The van der Waals surface area contributed by atoms with Gasteiger partial charge in [-0.05, 0) is 70.6 Å². The molecular weight excluding hydrogens is 610 g/mol. The second kappa shape index (κ2) is 37.8. The number of aliphatic hydroxyl groups excluding tert-OH is 4. The van der Waals surface area contributed by atoms with Gasteiger partial charge in [0.2, 0.25) is 5.91 Å². The first-order chi connectivity index (χ1) is 24.0. The molecule has 0 saturated carbocycles. The van der Waals surface area contributed by atoms with E-state index in [-0.39, 0.29) is 0 Å². The molecule has 0 rings (SSSR count). The van der Waals surface area contributed by atoms with Gasteiger partial charge in [0, 0.05) is 0 Å². The molecule has 6 nitrogen and oxygen atoms in total. The first-order valence-corrected chi connectivity index (χ1v) is 20.9. The molecule has 0 aliphatic heterocycles. The Morgan fingerprint density at radius 2 is 0.898 bits per heavy atom. The lowest BCUT2D eigenvalue weighted by molar-refractivity contribution is -0.132. The van der Waals surface area contributed by atoms with Gasteiger partial charge < -0.3 is 25.7 Å². The summed E-state index contributed by atoms with van der Waals surface area (Å²) >= 11 is 0. The number of nitrogens with one attached hydrogen (secondary N) is 1. The SMILES string of the molecule is CCCCCCCC/C=C/CCCC(O)C(O)C(CO)NC(=O)C(O)CCCCCCCC/C=C\C/C=C\CCCCCCCCCCC. The number of aliphatic hydroxyl groups is 4. The van der Waals surface area contributed by atoms with E-state index in [1.807, 2.05) is 0 Å². The minimum Gasteiger partial charge on any atom is -0.394 e. The van der Waals surface area contributed by atoms with Crippen molar-refractivity contribution in [3.63, 3.8) is 0 Å². The summed E-state index contributed by atoms with van der Waals surface area (Å²) in [5.74, 6) is -0.604. The first kappa shape index (κ1) is 47.5. The summed E-state index contributed by atoms with van der Waals surface area (Å²) in [6, 6.07) is -1.00. The lowest BCUT2D eigenvalue weighted by Crippen LogP contribution is -2.53. The molecule has 4 atom stereocenters. The predicted octanol–water partition coefficient (Wildman–Crippen LogP) is 10.6. The standard InChI is InChI=1S/C43H81NO5/c1-3-5-7-9-11-13-15-16-17-18-19-20-21-22-23-24-25-27-29-31-33-35-37-41(47)43(49)44-39(38-45)42(48)40(46)36-34-32-30-28-26-14-12-10-8-6-4-2/h19-20,22-23,28,30,39-42,45-48H,3-18,21,24-27,29,31-38H2,1-2H3,(H,44,49)/b20-19-,23-22-,30-28+. The second-order valence-corrected chi connectivity index (χ2v) is 14.3. The summed E-state index contributed by atoms with van der Waals surface area (Å²) in [4.78, 5) is 12.5. The van der Waals surface area contributed by atoms with Crippen LogP contribution in [0.2, 0.25) is 0 Å². The molecule has 0 aromatic carbocycles. The van der Waals surface area contributed by atoms with Crippen LogP contribution in [-0.2, 0) is 4.79 Å². The van der Waals surface area contributed by atoms with Gasteiger partial charge in [0.15, 0.2) is 0 Å². The Morgan fingerprint density at radius 1 is 0.510 bits per heavy atom. The number of hydrogen-bond acceptors (Lipinski definition) is 5. The number of carbonyl (C=O) groups is 1. The Labute approximate surface area is 303 Å². The van der Waals surface area contributed by atoms with Crippen molar-refractivity contribution in [2.45, 2.75) is 224 Å². The van der Waals surface area contributed by atoms with Crippen LogP contribution in [-0.4, -0.2) is 57.3 Å². The van der Waals surface area contributed by atoms with Crippen molar-refractivity contribution in [2.24, 2.45) is 0 Å². The average Bonchev–Trinajstić information content (AvgIpc) is 3.11. The highest BCUT2D eigenvalue weighted by Gasteiger charge is 2.28. The van der Waals surface area contributed by atoms with Crippen molar-refractivity contribution in [1.82, 2.24) is 5.32 Å². The number of hydrogen-bond donors (Lipinski definition) is 5. The molecule has 288 valence electrons. The molecule has 0 aromatic heterocycles. The maximum Gasteiger partial charge on any atom is 0.249 e. The molecule has 0 radical (unpaired) electrons. The Kier molecular flexibility index (Phi) is 36.6. The molecule has 0 fully saturated rings. The van der Waals surface area contributed by atoms with Gasteiger partial charge in [-0.15, -0.1) is 0 Å². The molecule has 1 amide bonds. The van der Waals surface area contributed by atoms with Crippen molar-refractivity contribution in [1.29, 1.82) is 0 Å². The molecule has 49 heavy (non-hydrogen) atoms. The summed E-state index contributed by atoms with van der Waals surface area (Å²) in [5.41, 5.74) is 0. The average molecular weight is 692 g/mol. The van der Waals surface area contributed by atoms with Gasteiger partial charge >= 0.3 is 0 Å². The molecule has 6 heteroatoms. The highest BCUT2D eigenvalue weighted by Crippen LogP contribution is 2.14. The molecule has 4 unspecified atom stereocenters. The molecule has 0 bridgehead atoms. The van der Waals surface area contributed by atoms with Gasteiger partial charge in [0.1, 0.15) is 12.2 Å². The van der Waals surface area contributed by atoms with Crippen LogP contribution in [0, 0.1) is 0 Å². The first-order valence-electron chi connectivity index (χ1n) is 20.9. The minimum atomic E-state index is -1.28. The van der Waals surface area contributed by atoms with Crippen molar-refractivity contribution < 1.29 is 25.2 Å². The highest BCUT2D eigenvalue weighted by molar-refractivity contribution is 5.80. The summed E-state index contributed by atoms with van der Waals surface area (Å²) in [7, 11) is 0. The van der Waals surface area contributed by atoms with E-state index in [9.17, 15) is 25.2 Å². The van der Waals surface area contributed by atoms with Crippen LogP contribution in [0.15, 0.2) is 36.5 Å². The van der Waals surface area contributed by atoms with Gasteiger partial charge in [0.25, 0.3) is 0 Å². The lowest BCUT2D eigenvalue weighted by Gasteiger charge is -2.27. The largest absolute Gasteiger partial charge is 0.394 e. The Morgan fingerprint density at radius 3 is 1.35 bits per heavy atom.